The molecule has 1 aromatic rings. The summed E-state index contributed by atoms with van der Waals surface area (Å²) in [6.07, 6.45) is 4.46. The summed E-state index contributed by atoms with van der Waals surface area (Å²) in [6.45, 7) is 4.42. The van der Waals surface area contributed by atoms with E-state index in [1.807, 2.05) is 13.8 Å². The molecule has 1 amide bonds. The van der Waals surface area contributed by atoms with Crippen molar-refractivity contribution >= 4 is 11.9 Å². The Hall–Kier alpha value is -1.92. The molecule has 1 aliphatic carbocycles. The lowest BCUT2D eigenvalue weighted by Crippen LogP contribution is -2.43. The average Bonchev–Trinajstić information content (AvgIpc) is 3.12. The molecule has 1 aromatic heterocycles. The van der Waals surface area contributed by atoms with Crippen molar-refractivity contribution < 1.29 is 14.7 Å². The van der Waals surface area contributed by atoms with Gasteiger partial charge in [-0.05, 0) is 33.1 Å². The lowest BCUT2D eigenvalue weighted by atomic mass is 9.82. The zero-order valence-corrected chi connectivity index (χ0v) is 12.3. The summed E-state index contributed by atoms with van der Waals surface area (Å²) >= 11 is 0. The highest BCUT2D eigenvalue weighted by Crippen LogP contribution is 2.49. The molecular weight excluding hydrogens is 272 g/mol. The van der Waals surface area contributed by atoms with Crippen LogP contribution in [0.2, 0.25) is 0 Å². The topological polar surface area (TPSA) is 88.3 Å². The molecule has 2 aliphatic rings. The molecule has 7 heteroatoms. The summed E-state index contributed by atoms with van der Waals surface area (Å²) in [5.41, 5.74) is -0.444. The molecule has 2 atom stereocenters. The van der Waals surface area contributed by atoms with E-state index in [9.17, 15) is 14.7 Å². The minimum absolute atomic E-state index is 0.141. The van der Waals surface area contributed by atoms with Crippen molar-refractivity contribution in [3.8, 4) is 0 Å². The van der Waals surface area contributed by atoms with Crippen molar-refractivity contribution in [3.05, 3.63) is 11.9 Å². The zero-order chi connectivity index (χ0) is 15.2. The Labute approximate surface area is 122 Å². The van der Waals surface area contributed by atoms with Crippen LogP contribution < -0.4 is 0 Å². The third kappa shape index (κ3) is 2.02. The second kappa shape index (κ2) is 4.82. The number of hydrogen-bond acceptors (Lipinski definition) is 4. The van der Waals surface area contributed by atoms with Crippen LogP contribution >= 0.6 is 0 Å². The Morgan fingerprint density at radius 3 is 2.81 bits per heavy atom. The summed E-state index contributed by atoms with van der Waals surface area (Å²) in [6, 6.07) is -0.0612. The van der Waals surface area contributed by atoms with Crippen LogP contribution in [0.4, 0.5) is 0 Å². The van der Waals surface area contributed by atoms with Crippen molar-refractivity contribution in [1.82, 2.24) is 19.9 Å². The highest BCUT2D eigenvalue weighted by Gasteiger charge is 2.57. The van der Waals surface area contributed by atoms with Gasteiger partial charge in [-0.25, -0.2) is 4.68 Å². The first kappa shape index (κ1) is 14.0. The van der Waals surface area contributed by atoms with Crippen molar-refractivity contribution in [2.75, 3.05) is 6.54 Å². The Kier molecular flexibility index (Phi) is 3.22. The van der Waals surface area contributed by atoms with E-state index in [-0.39, 0.29) is 18.0 Å². The van der Waals surface area contributed by atoms with Crippen LogP contribution in [0, 0.1) is 5.41 Å². The second-order valence-corrected chi connectivity index (χ2v) is 6.30. The van der Waals surface area contributed by atoms with E-state index in [4.69, 9.17) is 0 Å². The van der Waals surface area contributed by atoms with Crippen LogP contribution in [0.3, 0.4) is 0 Å². The van der Waals surface area contributed by atoms with Crippen LogP contribution in [-0.2, 0) is 4.79 Å². The fraction of sp³-hybridized carbons (Fsp3) is 0.714. The van der Waals surface area contributed by atoms with Crippen LogP contribution in [0.25, 0.3) is 0 Å². The number of rotatable bonds is 3. The number of carbonyl (C=O) groups is 2. The van der Waals surface area contributed by atoms with Gasteiger partial charge < -0.3 is 10.0 Å². The summed E-state index contributed by atoms with van der Waals surface area (Å²) < 4.78 is 1.64. The first-order valence-corrected chi connectivity index (χ1v) is 7.42. The summed E-state index contributed by atoms with van der Waals surface area (Å²) in [5, 5.41) is 17.4. The molecule has 2 fully saturated rings. The van der Waals surface area contributed by atoms with Gasteiger partial charge in [-0.1, -0.05) is 11.6 Å². The summed E-state index contributed by atoms with van der Waals surface area (Å²) in [4.78, 5) is 25.9. The molecule has 0 spiro atoms. The molecule has 0 aromatic carbocycles. The maximum atomic E-state index is 12.6. The molecule has 2 heterocycles. The Bertz CT molecular complexity index is 583. The Balaban J connectivity index is 1.84. The molecule has 1 N–H and O–H groups in total. The predicted octanol–water partition coefficient (Wildman–Crippen LogP) is 1.33. The van der Waals surface area contributed by atoms with Gasteiger partial charge in [0.2, 0.25) is 0 Å². The number of fused-ring (bicyclic) bond motifs is 1. The highest BCUT2D eigenvalue weighted by atomic mass is 16.4. The van der Waals surface area contributed by atoms with Gasteiger partial charge in [0.05, 0.1) is 11.6 Å². The van der Waals surface area contributed by atoms with Crippen LogP contribution in [0.1, 0.15) is 56.1 Å². The molecule has 1 saturated carbocycles. The van der Waals surface area contributed by atoms with Crippen molar-refractivity contribution in [2.24, 2.45) is 5.41 Å². The maximum absolute atomic E-state index is 12.6. The monoisotopic (exact) mass is 292 g/mol. The van der Waals surface area contributed by atoms with Gasteiger partial charge in [-0.2, -0.15) is 0 Å². The molecule has 3 rings (SSSR count). The lowest BCUT2D eigenvalue weighted by Gasteiger charge is -2.28. The minimum atomic E-state index is -0.772. The van der Waals surface area contributed by atoms with Crippen molar-refractivity contribution in [1.29, 1.82) is 0 Å². The molecule has 1 saturated heterocycles. The van der Waals surface area contributed by atoms with Gasteiger partial charge in [-0.3, -0.25) is 9.59 Å². The first-order chi connectivity index (χ1) is 9.95. The number of aromatic nitrogens is 3. The number of nitrogens with zero attached hydrogens (tertiary/aromatic N) is 4. The van der Waals surface area contributed by atoms with Gasteiger partial charge in [-0.15, -0.1) is 5.10 Å². The number of carbonyl (C=O) groups excluding carboxylic acids is 1. The standard InChI is InChI=1S/C14H20N4O3/c1-9(2)18-8-10(15-16-18)12(19)17-7-6-14(13(20)21)5-3-4-11(14)17/h8-9,11H,3-7H2,1-2H3,(H,20,21)/t11-,14+/m0/s1. The van der Waals surface area contributed by atoms with E-state index in [1.165, 1.54) is 0 Å². The molecular formula is C14H20N4O3. The number of hydrogen-bond donors (Lipinski definition) is 1. The third-order valence-corrected chi connectivity index (χ3v) is 4.86. The van der Waals surface area contributed by atoms with E-state index in [2.05, 4.69) is 10.3 Å². The molecule has 7 nitrogen and oxygen atoms in total. The quantitative estimate of drug-likeness (QED) is 0.908. The number of carboxylic acids is 1. The molecule has 0 bridgehead atoms. The molecule has 114 valence electrons. The number of likely N-dealkylation sites (tertiary alicyclic amines) is 1. The van der Waals surface area contributed by atoms with Gasteiger partial charge in [0, 0.05) is 18.6 Å². The first-order valence-electron chi connectivity index (χ1n) is 7.42. The predicted molar refractivity (Wildman–Crippen MR) is 73.8 cm³/mol. The second-order valence-electron chi connectivity index (χ2n) is 6.30. The maximum Gasteiger partial charge on any atom is 0.311 e. The fourth-order valence-electron chi connectivity index (χ4n) is 3.65. The van der Waals surface area contributed by atoms with Gasteiger partial charge in [0.1, 0.15) is 0 Å². The Morgan fingerprint density at radius 2 is 2.19 bits per heavy atom. The third-order valence-electron chi connectivity index (χ3n) is 4.86. The van der Waals surface area contributed by atoms with Gasteiger partial charge in [0.25, 0.3) is 5.91 Å². The number of aliphatic carboxylic acids is 1. The molecule has 0 unspecified atom stereocenters. The largest absolute Gasteiger partial charge is 0.481 e. The molecule has 1 aliphatic heterocycles. The SMILES string of the molecule is CC(C)n1cc(C(=O)N2CC[C@]3(C(=O)O)CCC[C@H]23)nn1. The van der Waals surface area contributed by atoms with Crippen LogP contribution in [-0.4, -0.2) is 49.5 Å². The molecule has 0 radical (unpaired) electrons. The minimum Gasteiger partial charge on any atom is -0.481 e. The van der Waals surface area contributed by atoms with E-state index in [1.54, 1.807) is 15.8 Å². The van der Waals surface area contributed by atoms with Crippen LogP contribution in [0.15, 0.2) is 6.20 Å². The smallest absolute Gasteiger partial charge is 0.311 e. The summed E-state index contributed by atoms with van der Waals surface area (Å²) in [7, 11) is 0. The summed E-state index contributed by atoms with van der Waals surface area (Å²) in [5.74, 6) is -0.969. The van der Waals surface area contributed by atoms with Crippen molar-refractivity contribution in [3.63, 3.8) is 0 Å². The average molecular weight is 292 g/mol. The zero-order valence-electron chi connectivity index (χ0n) is 12.3. The van der Waals surface area contributed by atoms with E-state index in [0.717, 1.165) is 12.8 Å². The Morgan fingerprint density at radius 1 is 1.43 bits per heavy atom. The number of carboxylic acid groups (broad SMARTS) is 1. The van der Waals surface area contributed by atoms with Crippen LogP contribution in [0.5, 0.6) is 0 Å². The van der Waals surface area contributed by atoms with Gasteiger partial charge in [0.15, 0.2) is 5.69 Å². The van der Waals surface area contributed by atoms with Crippen molar-refractivity contribution in [2.45, 2.75) is 51.6 Å². The molecule has 21 heavy (non-hydrogen) atoms. The normalized spacial score (nSPS) is 28.1. The van der Waals surface area contributed by atoms with E-state index >= 15 is 0 Å². The van der Waals surface area contributed by atoms with E-state index in [0.29, 0.717) is 25.1 Å². The van der Waals surface area contributed by atoms with Gasteiger partial charge >= 0.3 is 5.97 Å². The van der Waals surface area contributed by atoms with E-state index < -0.39 is 11.4 Å². The highest BCUT2D eigenvalue weighted by molar-refractivity contribution is 5.93. The fourth-order valence-corrected chi connectivity index (χ4v) is 3.65. The number of amides is 1. The lowest BCUT2D eigenvalue weighted by molar-refractivity contribution is -0.149.